The molecule has 14 heavy (non-hydrogen) atoms. The molecule has 0 heterocycles. The smallest absolute Gasteiger partial charge is 0.258 e. The number of non-ortho nitro benzene ring substituents is 1. The fraction of sp³-hybridized carbons (Fsp3) is 0. The Balaban J connectivity index is 2.36. The van der Waals surface area contributed by atoms with Crippen LogP contribution in [-0.4, -0.2) is 4.92 Å². The Bertz CT molecular complexity index is 509. The van der Waals surface area contributed by atoms with Crippen LogP contribution < -0.4 is 0 Å². The summed E-state index contributed by atoms with van der Waals surface area (Å²) in [5.41, 5.74) is 1.91. The first-order chi connectivity index (χ1) is 6.61. The summed E-state index contributed by atoms with van der Waals surface area (Å²) < 4.78 is 0.752. The van der Waals surface area contributed by atoms with Gasteiger partial charge in [-0.2, -0.15) is 0 Å². The monoisotopic (exact) mass is 223 g/mol. The molecule has 0 fully saturated rings. The minimum Gasteiger partial charge on any atom is -0.258 e. The van der Waals surface area contributed by atoms with Crippen molar-refractivity contribution in [3.63, 3.8) is 0 Å². The van der Waals surface area contributed by atoms with Crippen molar-refractivity contribution in [3.05, 3.63) is 38.9 Å². The summed E-state index contributed by atoms with van der Waals surface area (Å²) >= 11 is 9.12. The Hall–Kier alpha value is -1.20. The number of hydrogen-bond acceptors (Lipinski definition) is 4. The molecule has 0 atom stereocenters. The van der Waals surface area contributed by atoms with E-state index in [0.29, 0.717) is 0 Å². The molecule has 70 valence electrons. The normalized spacial score (nSPS) is 10.6. The molecule has 0 spiro atoms. The highest BCUT2D eigenvalue weighted by Gasteiger charge is 2.16. The number of rotatable bonds is 2. The quantitative estimate of drug-likeness (QED) is 0.368. The zero-order chi connectivity index (χ0) is 10.3. The van der Waals surface area contributed by atoms with Gasteiger partial charge in [-0.25, -0.2) is 0 Å². The van der Waals surface area contributed by atoms with Crippen molar-refractivity contribution in [2.75, 3.05) is 0 Å². The average Bonchev–Trinajstić information content (AvgIpc) is 2.75. The number of hydrogen-bond donors (Lipinski definition) is 1. The molecule has 0 saturated carbocycles. The van der Waals surface area contributed by atoms with Crippen molar-refractivity contribution in [2.45, 2.75) is 4.90 Å². The molecule has 0 bridgehead atoms. The van der Waals surface area contributed by atoms with Gasteiger partial charge in [0, 0.05) is 22.6 Å². The number of thiol groups is 1. The van der Waals surface area contributed by atoms with Gasteiger partial charge in [0.1, 0.15) is 0 Å². The predicted molar refractivity (Wildman–Crippen MR) is 59.0 cm³/mol. The summed E-state index contributed by atoms with van der Waals surface area (Å²) in [5, 5.41) is 10.4. The van der Waals surface area contributed by atoms with Crippen LogP contribution in [-0.2, 0) is 0 Å². The minimum atomic E-state index is -0.426. The van der Waals surface area contributed by atoms with Gasteiger partial charge in [0.25, 0.3) is 5.69 Å². The van der Waals surface area contributed by atoms with Gasteiger partial charge >= 0.3 is 0 Å². The highest BCUT2D eigenvalue weighted by atomic mass is 32.1. The van der Waals surface area contributed by atoms with E-state index in [4.69, 9.17) is 12.2 Å². The van der Waals surface area contributed by atoms with Gasteiger partial charge in [0.15, 0.2) is 0 Å². The van der Waals surface area contributed by atoms with Crippen molar-refractivity contribution in [1.29, 1.82) is 0 Å². The molecule has 0 amide bonds. The van der Waals surface area contributed by atoms with Crippen LogP contribution in [0.4, 0.5) is 5.69 Å². The standard InChI is InChI=1S/C9H5NO2S2/c11-10(12)6-3-1-5(2-4-6)7-8(13)9(7)14/h1-4,13H. The first kappa shape index (κ1) is 9.36. The molecule has 2 rings (SSSR count). The average molecular weight is 223 g/mol. The van der Waals surface area contributed by atoms with Crippen LogP contribution in [0.25, 0.3) is 11.1 Å². The lowest BCUT2D eigenvalue weighted by Crippen LogP contribution is -1.86. The summed E-state index contributed by atoms with van der Waals surface area (Å²) in [6, 6.07) is 6.29. The number of benzene rings is 1. The van der Waals surface area contributed by atoms with Crippen LogP contribution in [0.3, 0.4) is 0 Å². The van der Waals surface area contributed by atoms with Crippen molar-refractivity contribution in [3.8, 4) is 11.1 Å². The first-order valence-electron chi connectivity index (χ1n) is 3.84. The molecule has 3 nitrogen and oxygen atoms in total. The molecule has 0 aliphatic heterocycles. The molecule has 0 saturated heterocycles. The molecule has 0 aromatic heterocycles. The molecule has 5 heteroatoms. The van der Waals surface area contributed by atoms with Crippen LogP contribution in [0.1, 0.15) is 0 Å². The molecule has 0 aliphatic rings. The van der Waals surface area contributed by atoms with E-state index < -0.39 is 4.92 Å². The third kappa shape index (κ3) is 1.44. The summed E-state index contributed by atoms with van der Waals surface area (Å²) in [4.78, 5) is 10.8. The van der Waals surface area contributed by atoms with E-state index in [2.05, 4.69) is 12.6 Å². The number of nitro groups is 1. The van der Waals surface area contributed by atoms with Gasteiger partial charge in [-0.3, -0.25) is 10.1 Å². The fourth-order valence-corrected chi connectivity index (χ4v) is 1.82. The zero-order valence-corrected chi connectivity index (χ0v) is 8.64. The van der Waals surface area contributed by atoms with Gasteiger partial charge < -0.3 is 0 Å². The maximum Gasteiger partial charge on any atom is 0.269 e. The molecule has 0 unspecified atom stereocenters. The fourth-order valence-electron chi connectivity index (χ4n) is 1.18. The third-order valence-corrected chi connectivity index (χ3v) is 2.99. The largest absolute Gasteiger partial charge is 0.269 e. The summed E-state index contributed by atoms with van der Waals surface area (Å²) in [6.45, 7) is 0. The first-order valence-corrected chi connectivity index (χ1v) is 4.69. The van der Waals surface area contributed by atoms with Crippen molar-refractivity contribution < 1.29 is 4.92 Å². The Labute approximate surface area is 90.6 Å². The minimum absolute atomic E-state index is 0.0848. The number of nitro benzene ring substituents is 1. The molecule has 0 N–H and O–H groups in total. The molecule has 0 radical (unpaired) electrons. The summed E-state index contributed by atoms with van der Waals surface area (Å²) in [5.74, 6) is 0. The van der Waals surface area contributed by atoms with Crippen LogP contribution in [0.15, 0.2) is 29.2 Å². The second kappa shape index (κ2) is 3.18. The van der Waals surface area contributed by atoms with Crippen LogP contribution in [0, 0.1) is 14.6 Å². The maximum absolute atomic E-state index is 10.4. The highest BCUT2D eigenvalue weighted by Crippen LogP contribution is 2.39. The van der Waals surface area contributed by atoms with E-state index in [-0.39, 0.29) is 5.69 Å². The van der Waals surface area contributed by atoms with Crippen LogP contribution in [0.2, 0.25) is 0 Å². The molecule has 0 aliphatic carbocycles. The van der Waals surface area contributed by atoms with E-state index in [1.54, 1.807) is 12.1 Å². The van der Waals surface area contributed by atoms with E-state index in [9.17, 15) is 10.1 Å². The van der Waals surface area contributed by atoms with Crippen LogP contribution >= 0.6 is 24.8 Å². The van der Waals surface area contributed by atoms with Gasteiger partial charge in [-0.05, 0) is 17.7 Å². The molecular weight excluding hydrogens is 218 g/mol. The summed E-state index contributed by atoms with van der Waals surface area (Å²) in [7, 11) is 0. The van der Waals surface area contributed by atoms with Gasteiger partial charge in [-0.15, -0.1) is 12.6 Å². The Morgan fingerprint density at radius 3 is 2.14 bits per heavy atom. The third-order valence-electron chi connectivity index (χ3n) is 1.98. The van der Waals surface area contributed by atoms with E-state index in [1.807, 2.05) is 0 Å². The lowest BCUT2D eigenvalue weighted by atomic mass is 10.2. The molecule has 2 aromatic rings. The van der Waals surface area contributed by atoms with Crippen molar-refractivity contribution >= 4 is 30.5 Å². The predicted octanol–water partition coefficient (Wildman–Crippen LogP) is 3.16. The lowest BCUT2D eigenvalue weighted by molar-refractivity contribution is -0.384. The van der Waals surface area contributed by atoms with Gasteiger partial charge in [0.2, 0.25) is 0 Å². The Kier molecular flexibility index (Phi) is 2.13. The molecule has 2 aromatic carbocycles. The van der Waals surface area contributed by atoms with Crippen molar-refractivity contribution in [1.82, 2.24) is 0 Å². The zero-order valence-electron chi connectivity index (χ0n) is 6.93. The van der Waals surface area contributed by atoms with E-state index in [0.717, 1.165) is 20.5 Å². The van der Waals surface area contributed by atoms with Crippen LogP contribution in [0.5, 0.6) is 0 Å². The second-order valence-corrected chi connectivity index (χ2v) is 3.71. The van der Waals surface area contributed by atoms with Gasteiger partial charge in [-0.1, -0.05) is 12.2 Å². The van der Waals surface area contributed by atoms with Gasteiger partial charge in [0.05, 0.1) is 9.43 Å². The topological polar surface area (TPSA) is 43.1 Å². The SMILES string of the molecule is O=[N+]([O-])c1ccc(-c2c(S)c2=S)cc1. The number of nitrogens with zero attached hydrogens (tertiary/aromatic N) is 1. The Morgan fingerprint density at radius 1 is 1.29 bits per heavy atom. The second-order valence-electron chi connectivity index (χ2n) is 2.86. The Morgan fingerprint density at radius 2 is 1.79 bits per heavy atom. The highest BCUT2D eigenvalue weighted by molar-refractivity contribution is 7.81. The summed E-state index contributed by atoms with van der Waals surface area (Å²) in [6.07, 6.45) is 0. The lowest BCUT2D eigenvalue weighted by Gasteiger charge is -1.92. The van der Waals surface area contributed by atoms with E-state index in [1.165, 1.54) is 12.1 Å². The van der Waals surface area contributed by atoms with E-state index >= 15 is 0 Å². The maximum atomic E-state index is 10.4. The van der Waals surface area contributed by atoms with Crippen molar-refractivity contribution in [2.24, 2.45) is 0 Å². The molecular formula is C9H5NO2S2.